The second kappa shape index (κ2) is 8.53. The van der Waals surface area contributed by atoms with Gasteiger partial charge >= 0.3 is 0 Å². The minimum absolute atomic E-state index is 0.752. The Balaban J connectivity index is 1.83. The van der Waals surface area contributed by atoms with Crippen LogP contribution in [0.4, 0.5) is 0 Å². The molecule has 0 radical (unpaired) electrons. The van der Waals surface area contributed by atoms with E-state index in [1.165, 1.54) is 64.3 Å². The molecule has 0 heterocycles. The van der Waals surface area contributed by atoms with E-state index in [0.717, 1.165) is 29.8 Å². The molecule has 0 bridgehead atoms. The molecule has 0 aromatic heterocycles. The topological polar surface area (TPSA) is 15.3 Å². The first-order chi connectivity index (χ1) is 10.2. The molecule has 3 atom stereocenters. The van der Waals surface area contributed by atoms with Gasteiger partial charge in [-0.25, -0.2) is 0 Å². The van der Waals surface area contributed by atoms with Crippen LogP contribution >= 0.6 is 0 Å². The largest absolute Gasteiger partial charge is 0.317 e. The zero-order valence-corrected chi connectivity index (χ0v) is 14.9. The molecule has 2 saturated carbocycles. The average Bonchev–Trinajstić information content (AvgIpc) is 2.54. The highest BCUT2D eigenvalue weighted by Crippen LogP contribution is 2.34. The normalized spacial score (nSPS) is 37.9. The predicted molar refractivity (Wildman–Crippen MR) is 92.6 cm³/mol. The molecular weight excluding hydrogens is 256 g/mol. The fraction of sp³-hybridized carbons (Fsp3) is 1.00. The van der Waals surface area contributed by atoms with Crippen LogP contribution in [-0.4, -0.2) is 37.6 Å². The van der Waals surface area contributed by atoms with Gasteiger partial charge in [-0.2, -0.15) is 0 Å². The van der Waals surface area contributed by atoms with E-state index in [4.69, 9.17) is 0 Å². The Bertz CT molecular complexity index is 283. The molecule has 21 heavy (non-hydrogen) atoms. The van der Waals surface area contributed by atoms with E-state index in [1.54, 1.807) is 0 Å². The summed E-state index contributed by atoms with van der Waals surface area (Å²) >= 11 is 0. The summed E-state index contributed by atoms with van der Waals surface area (Å²) in [6.45, 7) is 6.04. The number of hydrogen-bond acceptors (Lipinski definition) is 2. The molecule has 0 spiro atoms. The summed E-state index contributed by atoms with van der Waals surface area (Å²) in [7, 11) is 4.55. The van der Waals surface area contributed by atoms with Crippen LogP contribution in [-0.2, 0) is 0 Å². The first-order valence-corrected chi connectivity index (χ1v) is 9.55. The van der Waals surface area contributed by atoms with E-state index in [1.807, 2.05) is 0 Å². The number of rotatable bonds is 6. The maximum atomic E-state index is 3.60. The van der Waals surface area contributed by atoms with Crippen LogP contribution in [0.1, 0.15) is 71.6 Å². The number of nitrogens with zero attached hydrogens (tertiary/aromatic N) is 1. The van der Waals surface area contributed by atoms with Crippen LogP contribution in [0.25, 0.3) is 0 Å². The molecule has 2 aliphatic rings. The highest BCUT2D eigenvalue weighted by atomic mass is 15.1. The molecule has 2 nitrogen and oxygen atoms in total. The Hall–Kier alpha value is -0.0800. The number of nitrogens with one attached hydrogen (secondary N) is 1. The van der Waals surface area contributed by atoms with Crippen LogP contribution in [0.15, 0.2) is 0 Å². The average molecular weight is 295 g/mol. The molecule has 1 N–H and O–H groups in total. The van der Waals surface area contributed by atoms with Crippen molar-refractivity contribution < 1.29 is 0 Å². The zero-order valence-electron chi connectivity index (χ0n) is 14.9. The van der Waals surface area contributed by atoms with E-state index in [-0.39, 0.29) is 0 Å². The van der Waals surface area contributed by atoms with Crippen LogP contribution in [0.2, 0.25) is 0 Å². The maximum absolute atomic E-state index is 3.60. The van der Waals surface area contributed by atoms with E-state index in [0.29, 0.717) is 0 Å². The van der Waals surface area contributed by atoms with Gasteiger partial charge in [0.2, 0.25) is 0 Å². The van der Waals surface area contributed by atoms with Gasteiger partial charge in [-0.3, -0.25) is 0 Å². The van der Waals surface area contributed by atoms with Crippen LogP contribution < -0.4 is 5.32 Å². The number of hydrogen-bond donors (Lipinski definition) is 1. The smallest absolute Gasteiger partial charge is 0.0105 e. The monoisotopic (exact) mass is 294 g/mol. The van der Waals surface area contributed by atoms with Crippen molar-refractivity contribution >= 4 is 0 Å². The molecule has 0 saturated heterocycles. The fourth-order valence-electron chi connectivity index (χ4n) is 4.83. The van der Waals surface area contributed by atoms with Gasteiger partial charge in [0.25, 0.3) is 0 Å². The Morgan fingerprint density at radius 2 is 1.52 bits per heavy atom. The minimum Gasteiger partial charge on any atom is -0.317 e. The molecule has 3 unspecified atom stereocenters. The van der Waals surface area contributed by atoms with Crippen molar-refractivity contribution in [2.45, 2.75) is 83.7 Å². The molecule has 2 fully saturated rings. The molecule has 0 aromatic rings. The van der Waals surface area contributed by atoms with Gasteiger partial charge in [0, 0.05) is 18.6 Å². The lowest BCUT2D eigenvalue weighted by Gasteiger charge is -2.41. The molecule has 0 aliphatic heterocycles. The van der Waals surface area contributed by atoms with Crippen LogP contribution in [0.5, 0.6) is 0 Å². The van der Waals surface area contributed by atoms with Gasteiger partial charge in [-0.05, 0) is 76.8 Å². The van der Waals surface area contributed by atoms with Gasteiger partial charge in [-0.15, -0.1) is 0 Å². The lowest BCUT2D eigenvalue weighted by Crippen LogP contribution is -2.46. The third-order valence-electron chi connectivity index (χ3n) is 6.58. The van der Waals surface area contributed by atoms with Crippen molar-refractivity contribution in [3.05, 3.63) is 0 Å². The SMILES string of the molecule is CCC1CCC(N(C)CC2CC(CC)CCC2NC)CC1. The van der Waals surface area contributed by atoms with Crippen molar-refractivity contribution in [1.82, 2.24) is 10.2 Å². The van der Waals surface area contributed by atoms with Gasteiger partial charge in [0.15, 0.2) is 0 Å². The molecule has 124 valence electrons. The summed E-state index contributed by atoms with van der Waals surface area (Å²) in [5.74, 6) is 2.85. The predicted octanol–water partition coefficient (Wildman–Crippen LogP) is 4.30. The Morgan fingerprint density at radius 3 is 2.10 bits per heavy atom. The molecule has 0 aromatic carbocycles. The maximum Gasteiger partial charge on any atom is 0.0105 e. The van der Waals surface area contributed by atoms with Gasteiger partial charge < -0.3 is 10.2 Å². The van der Waals surface area contributed by atoms with Crippen molar-refractivity contribution in [3.63, 3.8) is 0 Å². The van der Waals surface area contributed by atoms with Crippen molar-refractivity contribution in [2.24, 2.45) is 17.8 Å². The Morgan fingerprint density at radius 1 is 0.905 bits per heavy atom. The van der Waals surface area contributed by atoms with Crippen LogP contribution in [0, 0.1) is 17.8 Å². The van der Waals surface area contributed by atoms with E-state index >= 15 is 0 Å². The highest BCUT2D eigenvalue weighted by Gasteiger charge is 2.31. The summed E-state index contributed by atoms with van der Waals surface area (Å²) in [6.07, 6.45) is 12.8. The summed E-state index contributed by atoms with van der Waals surface area (Å²) in [4.78, 5) is 2.71. The van der Waals surface area contributed by atoms with Crippen molar-refractivity contribution in [2.75, 3.05) is 20.6 Å². The Labute approximate surface area is 133 Å². The summed E-state index contributed by atoms with van der Waals surface area (Å²) in [6, 6.07) is 1.61. The minimum atomic E-state index is 0.752. The van der Waals surface area contributed by atoms with Gasteiger partial charge in [0.05, 0.1) is 0 Å². The van der Waals surface area contributed by atoms with Gasteiger partial charge in [0.1, 0.15) is 0 Å². The zero-order chi connectivity index (χ0) is 15.2. The standard InChI is InChI=1S/C19H38N2/c1-5-15-7-10-18(11-8-15)21(4)14-17-13-16(6-2)9-12-19(17)20-3/h15-20H,5-14H2,1-4H3. The van der Waals surface area contributed by atoms with Crippen molar-refractivity contribution in [1.29, 1.82) is 0 Å². The summed E-state index contributed by atoms with van der Waals surface area (Å²) in [5.41, 5.74) is 0. The first-order valence-electron chi connectivity index (χ1n) is 9.55. The summed E-state index contributed by atoms with van der Waals surface area (Å²) in [5, 5.41) is 3.60. The van der Waals surface area contributed by atoms with E-state index in [2.05, 4.69) is 38.2 Å². The van der Waals surface area contributed by atoms with E-state index < -0.39 is 0 Å². The fourth-order valence-corrected chi connectivity index (χ4v) is 4.83. The first kappa shape index (κ1) is 17.3. The molecule has 2 heteroatoms. The Kier molecular flexibility index (Phi) is 7.01. The molecule has 2 aliphatic carbocycles. The third-order valence-corrected chi connectivity index (χ3v) is 6.58. The lowest BCUT2D eigenvalue weighted by molar-refractivity contribution is 0.105. The molecule has 2 rings (SSSR count). The van der Waals surface area contributed by atoms with Gasteiger partial charge in [-0.1, -0.05) is 26.7 Å². The quantitative estimate of drug-likeness (QED) is 0.785. The lowest BCUT2D eigenvalue weighted by atomic mass is 9.76. The van der Waals surface area contributed by atoms with Crippen LogP contribution in [0.3, 0.4) is 0 Å². The highest BCUT2D eigenvalue weighted by molar-refractivity contribution is 4.87. The van der Waals surface area contributed by atoms with Crippen molar-refractivity contribution in [3.8, 4) is 0 Å². The summed E-state index contributed by atoms with van der Waals surface area (Å²) < 4.78 is 0. The third kappa shape index (κ3) is 4.69. The second-order valence-corrected chi connectivity index (χ2v) is 7.76. The van der Waals surface area contributed by atoms with E-state index in [9.17, 15) is 0 Å². The molecule has 0 amide bonds. The second-order valence-electron chi connectivity index (χ2n) is 7.76. The molecular formula is C19H38N2.